The van der Waals surface area contributed by atoms with Gasteiger partial charge in [0.05, 0.1) is 12.9 Å². The zero-order valence-corrected chi connectivity index (χ0v) is 16.5. The van der Waals surface area contributed by atoms with Crippen molar-refractivity contribution in [3.05, 3.63) is 72.0 Å². The smallest absolute Gasteiger partial charge is 0.416 e. The number of primary amides is 2. The molecule has 2 aromatic rings. The van der Waals surface area contributed by atoms with Crippen LogP contribution in [0.15, 0.2) is 60.9 Å². The first kappa shape index (κ1) is 22.9. The Bertz CT molecular complexity index is 989. The Labute approximate surface area is 178 Å². The zero-order chi connectivity index (χ0) is 22.6. The largest absolute Gasteiger partial charge is 0.449 e. The molecule has 2 aromatic carbocycles. The second-order valence-electron chi connectivity index (χ2n) is 6.20. The third kappa shape index (κ3) is 8.28. The Hall–Kier alpha value is -4.34. The highest BCUT2D eigenvalue weighted by atomic mass is 16.5. The van der Waals surface area contributed by atoms with Gasteiger partial charge in [0.25, 0.3) is 0 Å². The average molecular weight is 426 g/mol. The number of nitrogens with one attached hydrogen (secondary N) is 2. The number of unbranched alkanes of at least 4 members (excludes halogenated alkanes) is 1. The molecule has 31 heavy (non-hydrogen) atoms. The SMILES string of the molecule is NC(=O)c1cccc(NC(=O)OC=CCCCOC(=O)Nc2cccc(C(N)=O)c2)c1. The summed E-state index contributed by atoms with van der Waals surface area (Å²) in [6, 6.07) is 12.3. The molecule has 0 atom stereocenters. The molecule has 6 N–H and O–H groups in total. The lowest BCUT2D eigenvalue weighted by Gasteiger charge is -2.07. The van der Waals surface area contributed by atoms with Crippen molar-refractivity contribution in [2.75, 3.05) is 17.2 Å². The van der Waals surface area contributed by atoms with Gasteiger partial charge in [-0.1, -0.05) is 12.1 Å². The maximum absolute atomic E-state index is 11.7. The summed E-state index contributed by atoms with van der Waals surface area (Å²) in [7, 11) is 0. The molecule has 0 saturated heterocycles. The van der Waals surface area contributed by atoms with Crippen LogP contribution >= 0.6 is 0 Å². The lowest BCUT2D eigenvalue weighted by Crippen LogP contribution is -2.16. The van der Waals surface area contributed by atoms with Gasteiger partial charge in [0.2, 0.25) is 11.8 Å². The molecular weight excluding hydrogens is 404 g/mol. The number of nitrogens with two attached hydrogens (primary N) is 2. The predicted octanol–water partition coefficient (Wildman–Crippen LogP) is 2.98. The quantitative estimate of drug-likeness (QED) is 0.356. The Morgan fingerprint density at radius 2 is 1.39 bits per heavy atom. The van der Waals surface area contributed by atoms with Gasteiger partial charge in [-0.05, 0) is 55.3 Å². The molecule has 162 valence electrons. The number of hydrogen-bond acceptors (Lipinski definition) is 6. The van der Waals surface area contributed by atoms with Gasteiger partial charge >= 0.3 is 12.2 Å². The van der Waals surface area contributed by atoms with E-state index in [-0.39, 0.29) is 17.7 Å². The summed E-state index contributed by atoms with van der Waals surface area (Å²) in [5.41, 5.74) is 11.7. The Balaban J connectivity index is 1.63. The van der Waals surface area contributed by atoms with E-state index in [1.165, 1.54) is 30.5 Å². The van der Waals surface area contributed by atoms with Crippen LogP contribution in [-0.2, 0) is 9.47 Å². The highest BCUT2D eigenvalue weighted by molar-refractivity contribution is 5.95. The minimum atomic E-state index is -0.730. The first-order chi connectivity index (χ1) is 14.8. The van der Waals surface area contributed by atoms with Crippen molar-refractivity contribution < 1.29 is 28.7 Å². The second-order valence-corrected chi connectivity index (χ2v) is 6.20. The maximum Gasteiger partial charge on any atom is 0.416 e. The van der Waals surface area contributed by atoms with E-state index in [1.54, 1.807) is 30.3 Å². The fourth-order valence-electron chi connectivity index (χ4n) is 2.35. The highest BCUT2D eigenvalue weighted by Gasteiger charge is 2.06. The molecular formula is C21H22N4O6. The molecule has 0 heterocycles. The number of amides is 4. The zero-order valence-electron chi connectivity index (χ0n) is 16.5. The van der Waals surface area contributed by atoms with Gasteiger partial charge < -0.3 is 20.9 Å². The van der Waals surface area contributed by atoms with Crippen LogP contribution in [0.1, 0.15) is 33.6 Å². The number of allylic oxidation sites excluding steroid dienone is 1. The molecule has 0 aromatic heterocycles. The minimum Gasteiger partial charge on any atom is -0.449 e. The molecule has 2 rings (SSSR count). The monoisotopic (exact) mass is 426 g/mol. The summed E-state index contributed by atoms with van der Waals surface area (Å²) in [4.78, 5) is 45.7. The maximum atomic E-state index is 11.7. The van der Waals surface area contributed by atoms with Crippen molar-refractivity contribution in [1.29, 1.82) is 0 Å². The summed E-state index contributed by atoms with van der Waals surface area (Å²) < 4.78 is 9.90. The van der Waals surface area contributed by atoms with Gasteiger partial charge in [-0.15, -0.1) is 0 Å². The van der Waals surface area contributed by atoms with E-state index in [2.05, 4.69) is 10.6 Å². The van der Waals surface area contributed by atoms with Crippen molar-refractivity contribution in [3.8, 4) is 0 Å². The lowest BCUT2D eigenvalue weighted by atomic mass is 10.2. The van der Waals surface area contributed by atoms with E-state index in [1.807, 2.05) is 0 Å². The second kappa shape index (κ2) is 11.6. The first-order valence-corrected chi connectivity index (χ1v) is 9.21. The van der Waals surface area contributed by atoms with Crippen LogP contribution in [0, 0.1) is 0 Å². The summed E-state index contributed by atoms with van der Waals surface area (Å²) >= 11 is 0. The van der Waals surface area contributed by atoms with Crippen molar-refractivity contribution in [2.45, 2.75) is 12.8 Å². The van der Waals surface area contributed by atoms with E-state index in [0.717, 1.165) is 0 Å². The van der Waals surface area contributed by atoms with Crippen LogP contribution in [-0.4, -0.2) is 30.6 Å². The highest BCUT2D eigenvalue weighted by Crippen LogP contribution is 2.11. The summed E-state index contributed by atoms with van der Waals surface area (Å²) in [6.45, 7) is 0.137. The number of carbonyl (C=O) groups excluding carboxylic acids is 4. The fourth-order valence-corrected chi connectivity index (χ4v) is 2.35. The molecule has 0 aliphatic carbocycles. The van der Waals surface area contributed by atoms with E-state index in [4.69, 9.17) is 20.9 Å². The molecule has 0 spiro atoms. The Morgan fingerprint density at radius 1 is 0.839 bits per heavy atom. The first-order valence-electron chi connectivity index (χ1n) is 9.21. The van der Waals surface area contributed by atoms with Crippen LogP contribution in [0.4, 0.5) is 21.0 Å². The van der Waals surface area contributed by atoms with Gasteiger partial charge in [0, 0.05) is 22.5 Å². The number of anilines is 2. The lowest BCUT2D eigenvalue weighted by molar-refractivity contribution is 0.0992. The normalized spacial score (nSPS) is 10.3. The number of benzene rings is 2. The molecule has 0 unspecified atom stereocenters. The van der Waals surface area contributed by atoms with Gasteiger partial charge in [-0.3, -0.25) is 20.2 Å². The minimum absolute atomic E-state index is 0.137. The standard InChI is InChI=1S/C21H22N4O6/c22-18(26)14-6-4-8-16(12-14)24-20(28)30-10-2-1-3-11-31-21(29)25-17-9-5-7-15(13-17)19(23)27/h2,4-10,12-13H,1,3,11H2,(H2,22,26)(H2,23,27)(H,24,28)(H,25,29). The third-order valence-corrected chi connectivity index (χ3v) is 3.81. The molecule has 0 saturated carbocycles. The number of carbonyl (C=O) groups is 4. The molecule has 10 heteroatoms. The molecule has 0 radical (unpaired) electrons. The van der Waals surface area contributed by atoms with Crippen LogP contribution in [0.2, 0.25) is 0 Å². The molecule has 4 amide bonds. The van der Waals surface area contributed by atoms with E-state index >= 15 is 0 Å². The van der Waals surface area contributed by atoms with E-state index in [0.29, 0.717) is 24.2 Å². The fraction of sp³-hybridized carbons (Fsp3) is 0.143. The van der Waals surface area contributed by atoms with E-state index in [9.17, 15) is 19.2 Å². The van der Waals surface area contributed by atoms with Gasteiger partial charge in [-0.25, -0.2) is 9.59 Å². The summed E-state index contributed by atoms with van der Waals surface area (Å²) in [5, 5.41) is 4.96. The molecule has 0 bridgehead atoms. The van der Waals surface area contributed by atoms with Crippen molar-refractivity contribution >= 4 is 35.4 Å². The summed E-state index contributed by atoms with van der Waals surface area (Å²) in [6.07, 6.45) is 2.40. The van der Waals surface area contributed by atoms with Crippen molar-refractivity contribution in [3.63, 3.8) is 0 Å². The van der Waals surface area contributed by atoms with E-state index < -0.39 is 24.0 Å². The van der Waals surface area contributed by atoms with Gasteiger partial charge in [0.15, 0.2) is 0 Å². The molecule has 10 nitrogen and oxygen atoms in total. The van der Waals surface area contributed by atoms with Crippen LogP contribution in [0.5, 0.6) is 0 Å². The van der Waals surface area contributed by atoms with Crippen LogP contribution < -0.4 is 22.1 Å². The van der Waals surface area contributed by atoms with Crippen LogP contribution in [0.3, 0.4) is 0 Å². The van der Waals surface area contributed by atoms with Crippen molar-refractivity contribution in [1.82, 2.24) is 0 Å². The molecule has 0 aliphatic rings. The predicted molar refractivity (Wildman–Crippen MR) is 113 cm³/mol. The van der Waals surface area contributed by atoms with Crippen LogP contribution in [0.25, 0.3) is 0 Å². The molecule has 0 fully saturated rings. The average Bonchev–Trinajstić information content (AvgIpc) is 2.73. The van der Waals surface area contributed by atoms with Gasteiger partial charge in [0.1, 0.15) is 0 Å². The summed E-state index contributed by atoms with van der Waals surface area (Å²) in [5.74, 6) is -1.20. The Kier molecular flexibility index (Phi) is 8.59. The number of ether oxygens (including phenoxy) is 2. The Morgan fingerprint density at radius 3 is 1.94 bits per heavy atom. The van der Waals surface area contributed by atoms with Gasteiger partial charge in [-0.2, -0.15) is 0 Å². The third-order valence-electron chi connectivity index (χ3n) is 3.81. The van der Waals surface area contributed by atoms with Crippen molar-refractivity contribution in [2.24, 2.45) is 11.5 Å². The number of rotatable bonds is 9. The topological polar surface area (TPSA) is 163 Å². The number of hydrogen-bond donors (Lipinski definition) is 4. The molecule has 0 aliphatic heterocycles.